The smallest absolute Gasteiger partial charge is 0.312 e. The number of nitrogens with two attached hydrogens (primary N) is 1. The van der Waals surface area contributed by atoms with Gasteiger partial charge in [-0.15, -0.1) is 0 Å². The van der Waals surface area contributed by atoms with Crippen LogP contribution in [0, 0.1) is 0 Å². The molecular weight excluding hydrogens is 243 g/mol. The van der Waals surface area contributed by atoms with Gasteiger partial charge in [0, 0.05) is 13.1 Å². The van der Waals surface area contributed by atoms with E-state index in [0.29, 0.717) is 13.1 Å². The lowest BCUT2D eigenvalue weighted by molar-refractivity contribution is 0.249. The minimum absolute atomic E-state index is 0.000334. The highest BCUT2D eigenvalue weighted by Gasteiger charge is 2.01. The molecule has 0 atom stereocenters. The highest BCUT2D eigenvalue weighted by molar-refractivity contribution is 6.31. The zero-order valence-corrected chi connectivity index (χ0v) is 9.01. The summed E-state index contributed by atoms with van der Waals surface area (Å²) in [6.07, 6.45) is 0. The van der Waals surface area contributed by atoms with Crippen molar-refractivity contribution in [1.29, 1.82) is 0 Å². The molecule has 4 N–H and O–H groups in total. The summed E-state index contributed by atoms with van der Waals surface area (Å²) in [6.45, 7) is 0.746. The largest absolute Gasteiger partial charge is 0.352 e. The third kappa shape index (κ3) is 4.61. The molecule has 0 aliphatic rings. The van der Waals surface area contributed by atoms with Crippen molar-refractivity contribution in [2.24, 2.45) is 5.73 Å². The van der Waals surface area contributed by atoms with Gasteiger partial charge in [-0.2, -0.15) is 15.0 Å². The van der Waals surface area contributed by atoms with E-state index in [2.05, 4.69) is 25.6 Å². The summed E-state index contributed by atoms with van der Waals surface area (Å²) in [5.41, 5.74) is 4.86. The van der Waals surface area contributed by atoms with Gasteiger partial charge in [0.1, 0.15) is 0 Å². The van der Waals surface area contributed by atoms with E-state index >= 15 is 0 Å². The van der Waals surface area contributed by atoms with Gasteiger partial charge in [0.15, 0.2) is 0 Å². The number of halogens is 2. The highest BCUT2D eigenvalue weighted by Crippen LogP contribution is 2.08. The van der Waals surface area contributed by atoms with Crippen LogP contribution in [0.5, 0.6) is 0 Å². The van der Waals surface area contributed by atoms with Gasteiger partial charge in [0.25, 0.3) is 0 Å². The molecule has 0 saturated heterocycles. The average Bonchev–Trinajstić information content (AvgIpc) is 2.10. The molecule has 1 aromatic heterocycles. The van der Waals surface area contributed by atoms with E-state index in [-0.39, 0.29) is 16.5 Å². The number of rotatable bonds is 4. The quantitative estimate of drug-likeness (QED) is 0.665. The number of anilines is 1. The van der Waals surface area contributed by atoms with Crippen molar-refractivity contribution in [1.82, 2.24) is 20.3 Å². The summed E-state index contributed by atoms with van der Waals surface area (Å²) >= 11 is 11.1. The normalized spacial score (nSPS) is 9.73. The first-order valence-corrected chi connectivity index (χ1v) is 4.68. The monoisotopic (exact) mass is 250 g/mol. The van der Waals surface area contributed by atoms with Crippen molar-refractivity contribution in [2.45, 2.75) is 0 Å². The van der Waals surface area contributed by atoms with Crippen molar-refractivity contribution < 1.29 is 4.79 Å². The second-order valence-electron chi connectivity index (χ2n) is 2.41. The Bertz CT molecular complexity index is 339. The minimum atomic E-state index is -0.594. The standard InChI is InChI=1S/C6H8Cl2N6O/c7-3-12-4(8)14-6(13-3)11-2-1-10-5(9)15/h1-2H2,(H3,9,10,15)(H,11,12,13,14). The van der Waals surface area contributed by atoms with Crippen LogP contribution in [0.1, 0.15) is 0 Å². The molecule has 0 spiro atoms. The zero-order valence-electron chi connectivity index (χ0n) is 7.50. The van der Waals surface area contributed by atoms with E-state index < -0.39 is 6.03 Å². The maximum absolute atomic E-state index is 10.3. The van der Waals surface area contributed by atoms with Gasteiger partial charge >= 0.3 is 6.03 Å². The third-order valence-corrected chi connectivity index (χ3v) is 1.63. The van der Waals surface area contributed by atoms with Gasteiger partial charge in [-0.25, -0.2) is 4.79 Å². The van der Waals surface area contributed by atoms with Gasteiger partial charge < -0.3 is 16.4 Å². The molecule has 0 aliphatic heterocycles. The van der Waals surface area contributed by atoms with Crippen molar-refractivity contribution in [3.05, 3.63) is 10.6 Å². The predicted octanol–water partition coefficient (Wildman–Crippen LogP) is 0.259. The highest BCUT2D eigenvalue weighted by atomic mass is 35.5. The fourth-order valence-corrected chi connectivity index (χ4v) is 1.13. The molecule has 1 heterocycles. The lowest BCUT2D eigenvalue weighted by Crippen LogP contribution is -2.33. The van der Waals surface area contributed by atoms with Gasteiger partial charge in [-0.3, -0.25) is 0 Å². The molecule has 0 saturated carbocycles. The van der Waals surface area contributed by atoms with Gasteiger partial charge in [0.05, 0.1) is 0 Å². The Hall–Kier alpha value is -1.34. The summed E-state index contributed by atoms with van der Waals surface area (Å²) in [5, 5.41) is 5.17. The first kappa shape index (κ1) is 11.7. The van der Waals surface area contributed by atoms with Crippen LogP contribution in [0.25, 0.3) is 0 Å². The van der Waals surface area contributed by atoms with Crippen LogP contribution in [-0.4, -0.2) is 34.1 Å². The summed E-state index contributed by atoms with van der Waals surface area (Å²) in [5.74, 6) is 0.242. The Morgan fingerprint density at radius 2 is 1.80 bits per heavy atom. The number of nitrogens with zero attached hydrogens (tertiary/aromatic N) is 3. The Kier molecular flexibility index (Phi) is 4.32. The number of primary amides is 1. The summed E-state index contributed by atoms with van der Waals surface area (Å²) in [7, 11) is 0. The van der Waals surface area contributed by atoms with E-state index in [0.717, 1.165) is 0 Å². The molecular formula is C6H8Cl2N6O. The predicted molar refractivity (Wildman–Crippen MR) is 55.9 cm³/mol. The van der Waals surface area contributed by atoms with Crippen LogP contribution in [0.15, 0.2) is 0 Å². The molecule has 0 unspecified atom stereocenters. The Balaban J connectivity index is 2.40. The summed E-state index contributed by atoms with van der Waals surface area (Å²) in [4.78, 5) is 21.4. The van der Waals surface area contributed by atoms with E-state index in [9.17, 15) is 4.79 Å². The van der Waals surface area contributed by atoms with Gasteiger partial charge in [0.2, 0.25) is 16.5 Å². The van der Waals surface area contributed by atoms with Crippen LogP contribution < -0.4 is 16.4 Å². The lowest BCUT2D eigenvalue weighted by Gasteiger charge is -2.04. The Labute approximate surface area is 95.4 Å². The molecule has 15 heavy (non-hydrogen) atoms. The molecule has 9 heteroatoms. The van der Waals surface area contributed by atoms with Crippen LogP contribution in [0.4, 0.5) is 10.7 Å². The Morgan fingerprint density at radius 3 is 2.33 bits per heavy atom. The minimum Gasteiger partial charge on any atom is -0.352 e. The summed E-state index contributed by atoms with van der Waals surface area (Å²) < 4.78 is 0. The van der Waals surface area contributed by atoms with Crippen LogP contribution in [0.2, 0.25) is 10.6 Å². The number of urea groups is 1. The number of amides is 2. The molecule has 0 fully saturated rings. The van der Waals surface area contributed by atoms with Crippen molar-refractivity contribution in [3.8, 4) is 0 Å². The van der Waals surface area contributed by atoms with E-state index in [1.54, 1.807) is 0 Å². The fourth-order valence-electron chi connectivity index (χ4n) is 0.765. The van der Waals surface area contributed by atoms with Crippen molar-refractivity contribution >= 4 is 35.2 Å². The van der Waals surface area contributed by atoms with Crippen LogP contribution in [0.3, 0.4) is 0 Å². The average molecular weight is 251 g/mol. The number of hydrogen-bond acceptors (Lipinski definition) is 5. The topological polar surface area (TPSA) is 106 Å². The molecule has 2 amide bonds. The van der Waals surface area contributed by atoms with E-state index in [1.165, 1.54) is 0 Å². The van der Waals surface area contributed by atoms with E-state index in [4.69, 9.17) is 28.9 Å². The zero-order chi connectivity index (χ0) is 11.3. The van der Waals surface area contributed by atoms with Gasteiger partial charge in [-0.1, -0.05) is 0 Å². The van der Waals surface area contributed by atoms with Crippen LogP contribution >= 0.6 is 23.2 Å². The Morgan fingerprint density at radius 1 is 1.20 bits per heavy atom. The number of carbonyl (C=O) groups is 1. The molecule has 7 nitrogen and oxygen atoms in total. The molecule has 1 aromatic rings. The second-order valence-corrected chi connectivity index (χ2v) is 3.09. The molecule has 0 bridgehead atoms. The SMILES string of the molecule is NC(=O)NCCNc1nc(Cl)nc(Cl)n1. The molecule has 0 aromatic carbocycles. The molecule has 0 radical (unpaired) electrons. The molecule has 82 valence electrons. The number of carbonyl (C=O) groups excluding carboxylic acids is 1. The van der Waals surface area contributed by atoms with Crippen LogP contribution in [-0.2, 0) is 0 Å². The number of nitrogens with one attached hydrogen (secondary N) is 2. The van der Waals surface area contributed by atoms with Crippen molar-refractivity contribution in [3.63, 3.8) is 0 Å². The maximum atomic E-state index is 10.3. The summed E-state index contributed by atoms with van der Waals surface area (Å²) in [6, 6.07) is -0.594. The fraction of sp³-hybridized carbons (Fsp3) is 0.333. The molecule has 0 aliphatic carbocycles. The van der Waals surface area contributed by atoms with Gasteiger partial charge in [-0.05, 0) is 23.2 Å². The maximum Gasteiger partial charge on any atom is 0.312 e. The lowest BCUT2D eigenvalue weighted by atomic mass is 10.6. The first-order chi connectivity index (χ1) is 7.08. The molecule has 1 rings (SSSR count). The number of aromatic nitrogens is 3. The first-order valence-electron chi connectivity index (χ1n) is 3.92. The second kappa shape index (κ2) is 5.52. The van der Waals surface area contributed by atoms with E-state index in [1.807, 2.05) is 0 Å². The van der Waals surface area contributed by atoms with Crippen molar-refractivity contribution in [2.75, 3.05) is 18.4 Å². The third-order valence-electron chi connectivity index (χ3n) is 1.29. The number of hydrogen-bond donors (Lipinski definition) is 3.